The van der Waals surface area contributed by atoms with E-state index in [1.807, 2.05) is 6.20 Å². The van der Waals surface area contributed by atoms with Crippen LogP contribution >= 0.6 is 22.7 Å². The van der Waals surface area contributed by atoms with Crippen molar-refractivity contribution in [2.75, 3.05) is 13.6 Å². The van der Waals surface area contributed by atoms with Gasteiger partial charge in [-0.05, 0) is 12.8 Å². The molecule has 0 spiro atoms. The van der Waals surface area contributed by atoms with Crippen molar-refractivity contribution in [3.05, 3.63) is 32.2 Å². The van der Waals surface area contributed by atoms with Crippen LogP contribution in [0, 0.1) is 0 Å². The second-order valence-electron chi connectivity index (χ2n) is 4.76. The Hall–Kier alpha value is -1.47. The van der Waals surface area contributed by atoms with Crippen molar-refractivity contribution < 1.29 is 0 Å². The number of hydrogen-bond acceptors (Lipinski definition) is 5. The molecule has 2 aromatic rings. The Morgan fingerprint density at radius 3 is 2.73 bits per heavy atom. The van der Waals surface area contributed by atoms with E-state index in [-0.39, 0.29) is 0 Å². The minimum Gasteiger partial charge on any atom is -0.356 e. The molecule has 2 aromatic heterocycles. The maximum Gasteiger partial charge on any atom is 0.191 e. The fourth-order valence-corrected chi connectivity index (χ4v) is 3.49. The molecule has 0 atom stereocenters. The summed E-state index contributed by atoms with van der Waals surface area (Å²) in [6.45, 7) is 5.81. The van der Waals surface area contributed by atoms with E-state index in [1.165, 1.54) is 9.88 Å². The predicted molar refractivity (Wildman–Crippen MR) is 94.9 cm³/mol. The van der Waals surface area contributed by atoms with Crippen molar-refractivity contribution in [1.29, 1.82) is 0 Å². The molecule has 0 saturated carbocycles. The normalized spacial score (nSPS) is 11.7. The van der Waals surface area contributed by atoms with Gasteiger partial charge in [0, 0.05) is 36.5 Å². The minimum absolute atomic E-state index is 0.709. The van der Waals surface area contributed by atoms with Crippen LogP contribution in [-0.2, 0) is 25.8 Å². The van der Waals surface area contributed by atoms with Crippen LogP contribution in [0.1, 0.15) is 34.4 Å². The summed E-state index contributed by atoms with van der Waals surface area (Å²) in [7, 11) is 1.78. The van der Waals surface area contributed by atoms with E-state index in [9.17, 15) is 0 Å². The molecule has 0 aliphatic rings. The Bertz CT molecular complexity index is 603. The number of thiazole rings is 2. The van der Waals surface area contributed by atoms with Crippen molar-refractivity contribution in [1.82, 2.24) is 20.6 Å². The van der Waals surface area contributed by atoms with Gasteiger partial charge in [0.15, 0.2) is 5.96 Å². The van der Waals surface area contributed by atoms with Crippen LogP contribution in [0.25, 0.3) is 0 Å². The van der Waals surface area contributed by atoms with Gasteiger partial charge in [-0.25, -0.2) is 9.97 Å². The van der Waals surface area contributed by atoms with Gasteiger partial charge < -0.3 is 10.6 Å². The number of aliphatic imine (C=N–C) groups is 1. The van der Waals surface area contributed by atoms with Crippen molar-refractivity contribution >= 4 is 28.6 Å². The smallest absolute Gasteiger partial charge is 0.191 e. The van der Waals surface area contributed by atoms with Gasteiger partial charge in [0.05, 0.1) is 17.2 Å². The third-order valence-corrected chi connectivity index (χ3v) is 5.34. The number of aryl methyl sites for hydroxylation is 2. The fourth-order valence-electron chi connectivity index (χ4n) is 1.91. The summed E-state index contributed by atoms with van der Waals surface area (Å²) >= 11 is 3.48. The number of nitrogens with one attached hydrogen (secondary N) is 2. The molecular formula is C15H23N5S2. The second kappa shape index (κ2) is 8.85. The molecule has 120 valence electrons. The zero-order chi connectivity index (χ0) is 15.8. The van der Waals surface area contributed by atoms with E-state index in [1.54, 1.807) is 29.7 Å². The zero-order valence-electron chi connectivity index (χ0n) is 13.3. The summed E-state index contributed by atoms with van der Waals surface area (Å²) in [5.41, 5.74) is 1.15. The summed E-state index contributed by atoms with van der Waals surface area (Å²) in [6, 6.07) is 0. The molecule has 7 heteroatoms. The van der Waals surface area contributed by atoms with E-state index in [0.717, 1.165) is 42.5 Å². The summed E-state index contributed by atoms with van der Waals surface area (Å²) in [5, 5.41) is 11.0. The molecule has 0 radical (unpaired) electrons. The number of aromatic nitrogens is 2. The highest BCUT2D eigenvalue weighted by Crippen LogP contribution is 2.12. The average Bonchev–Trinajstić information content (AvgIpc) is 3.19. The second-order valence-corrected chi connectivity index (χ2v) is 6.90. The maximum absolute atomic E-state index is 4.57. The Balaban J connectivity index is 1.72. The zero-order valence-corrected chi connectivity index (χ0v) is 15.0. The van der Waals surface area contributed by atoms with Crippen molar-refractivity contribution in [3.8, 4) is 0 Å². The van der Waals surface area contributed by atoms with E-state index < -0.39 is 0 Å². The molecule has 0 bridgehead atoms. The van der Waals surface area contributed by atoms with Crippen LogP contribution in [0.4, 0.5) is 0 Å². The maximum atomic E-state index is 4.57. The monoisotopic (exact) mass is 337 g/mol. The third-order valence-electron chi connectivity index (χ3n) is 3.16. The highest BCUT2D eigenvalue weighted by molar-refractivity contribution is 7.11. The van der Waals surface area contributed by atoms with E-state index in [2.05, 4.69) is 44.8 Å². The van der Waals surface area contributed by atoms with Gasteiger partial charge in [-0.2, -0.15) is 0 Å². The van der Waals surface area contributed by atoms with Crippen molar-refractivity contribution in [2.24, 2.45) is 4.99 Å². The van der Waals surface area contributed by atoms with Crippen LogP contribution in [0.5, 0.6) is 0 Å². The number of rotatable bonds is 7. The topological polar surface area (TPSA) is 62.2 Å². The molecule has 0 aliphatic carbocycles. The van der Waals surface area contributed by atoms with Gasteiger partial charge in [0.25, 0.3) is 0 Å². The molecule has 0 saturated heterocycles. The van der Waals surface area contributed by atoms with E-state index >= 15 is 0 Å². The predicted octanol–water partition coefficient (Wildman–Crippen LogP) is 2.63. The standard InChI is InChI=1S/C15H23N5S2/c1-4-12-8-18-14(22-12)9-19-15(16-3)17-7-6-11-10-21-13(5-2)20-11/h8,10H,4-7,9H2,1-3H3,(H2,16,17,19). The van der Waals surface area contributed by atoms with Gasteiger partial charge in [-0.1, -0.05) is 13.8 Å². The molecule has 2 heterocycles. The summed E-state index contributed by atoms with van der Waals surface area (Å²) in [4.78, 5) is 14.5. The van der Waals surface area contributed by atoms with E-state index in [4.69, 9.17) is 0 Å². The minimum atomic E-state index is 0.709. The largest absolute Gasteiger partial charge is 0.356 e. The highest BCUT2D eigenvalue weighted by atomic mass is 32.1. The fraction of sp³-hybridized carbons (Fsp3) is 0.533. The Morgan fingerprint density at radius 2 is 2.09 bits per heavy atom. The van der Waals surface area contributed by atoms with Gasteiger partial charge in [-0.3, -0.25) is 4.99 Å². The van der Waals surface area contributed by atoms with Crippen molar-refractivity contribution in [2.45, 2.75) is 39.7 Å². The average molecular weight is 338 g/mol. The van der Waals surface area contributed by atoms with Gasteiger partial charge >= 0.3 is 0 Å². The van der Waals surface area contributed by atoms with Crippen LogP contribution in [-0.4, -0.2) is 29.5 Å². The number of guanidine groups is 1. The SMILES string of the molecule is CCc1cnc(CNC(=NC)NCCc2csc(CC)n2)s1. The molecule has 0 fully saturated rings. The first-order chi connectivity index (χ1) is 10.7. The highest BCUT2D eigenvalue weighted by Gasteiger charge is 2.04. The lowest BCUT2D eigenvalue weighted by Crippen LogP contribution is -2.37. The molecular weight excluding hydrogens is 314 g/mol. The molecule has 2 rings (SSSR count). The molecule has 2 N–H and O–H groups in total. The molecule has 22 heavy (non-hydrogen) atoms. The molecule has 0 aliphatic heterocycles. The van der Waals surface area contributed by atoms with Crippen LogP contribution in [0.2, 0.25) is 0 Å². The van der Waals surface area contributed by atoms with Gasteiger partial charge in [0.2, 0.25) is 0 Å². The summed E-state index contributed by atoms with van der Waals surface area (Å²) in [5.74, 6) is 0.805. The lowest BCUT2D eigenvalue weighted by atomic mass is 10.3. The van der Waals surface area contributed by atoms with E-state index in [0.29, 0.717) is 6.54 Å². The number of hydrogen-bond donors (Lipinski definition) is 2. The molecule has 0 amide bonds. The first-order valence-corrected chi connectivity index (χ1v) is 9.26. The van der Waals surface area contributed by atoms with Crippen molar-refractivity contribution in [3.63, 3.8) is 0 Å². The molecule has 5 nitrogen and oxygen atoms in total. The summed E-state index contributed by atoms with van der Waals surface area (Å²) < 4.78 is 0. The quantitative estimate of drug-likeness (QED) is 0.602. The van der Waals surface area contributed by atoms with Crippen LogP contribution in [0.15, 0.2) is 16.6 Å². The van der Waals surface area contributed by atoms with Gasteiger partial charge in [0.1, 0.15) is 5.01 Å². The number of nitrogens with zero attached hydrogens (tertiary/aromatic N) is 3. The molecule has 0 aromatic carbocycles. The third kappa shape index (κ3) is 5.06. The lowest BCUT2D eigenvalue weighted by Gasteiger charge is -2.10. The van der Waals surface area contributed by atoms with Crippen LogP contribution in [0.3, 0.4) is 0 Å². The summed E-state index contributed by atoms with van der Waals surface area (Å²) in [6.07, 6.45) is 4.91. The first kappa shape index (κ1) is 16.9. The Morgan fingerprint density at radius 1 is 1.23 bits per heavy atom. The molecule has 0 unspecified atom stereocenters. The van der Waals surface area contributed by atoms with Crippen LogP contribution < -0.4 is 10.6 Å². The Labute approximate surface area is 139 Å². The van der Waals surface area contributed by atoms with Gasteiger partial charge in [-0.15, -0.1) is 22.7 Å². The first-order valence-electron chi connectivity index (χ1n) is 7.56. The lowest BCUT2D eigenvalue weighted by molar-refractivity contribution is 0.782. The Kier molecular flexibility index (Phi) is 6.79.